The third-order valence-corrected chi connectivity index (χ3v) is 3.98. The lowest BCUT2D eigenvalue weighted by Crippen LogP contribution is -2.02. The van der Waals surface area contributed by atoms with Crippen molar-refractivity contribution in [1.29, 1.82) is 15.8 Å². The lowest BCUT2D eigenvalue weighted by atomic mass is 10.1. The van der Waals surface area contributed by atoms with Crippen molar-refractivity contribution in [2.45, 2.75) is 0 Å². The molecule has 0 heterocycles. The monoisotopic (exact) mass is 392 g/mol. The van der Waals surface area contributed by atoms with Crippen molar-refractivity contribution in [3.05, 3.63) is 106 Å². The lowest BCUT2D eigenvalue weighted by Gasteiger charge is -1.98. The van der Waals surface area contributed by atoms with Crippen LogP contribution in [0.15, 0.2) is 72.8 Å². The van der Waals surface area contributed by atoms with E-state index in [0.717, 1.165) is 16.7 Å². The first-order valence-corrected chi connectivity index (χ1v) is 9.06. The predicted molar refractivity (Wildman–Crippen MR) is 116 cm³/mol. The van der Waals surface area contributed by atoms with Crippen LogP contribution >= 0.6 is 0 Å². The fraction of sp³-hybridized carbons (Fsp3) is 0. The molecule has 0 fully saturated rings. The van der Waals surface area contributed by atoms with Gasteiger partial charge in [0.15, 0.2) is 0 Å². The van der Waals surface area contributed by atoms with Gasteiger partial charge in [0.1, 0.15) is 0 Å². The van der Waals surface area contributed by atoms with E-state index >= 15 is 0 Å². The first kappa shape index (κ1) is 20.3. The summed E-state index contributed by atoms with van der Waals surface area (Å²) in [5.74, 6) is 8.94. The Labute approximate surface area is 181 Å². The summed E-state index contributed by atoms with van der Waals surface area (Å²) in [7, 11) is 0. The van der Waals surface area contributed by atoms with E-state index in [-0.39, 0.29) is 0 Å². The second-order valence-corrected chi connectivity index (χ2v) is 6.11. The summed E-state index contributed by atoms with van der Waals surface area (Å²) >= 11 is 0. The summed E-state index contributed by atoms with van der Waals surface area (Å²) in [4.78, 5) is 1.37. The Morgan fingerprint density at radius 1 is 0.387 bits per heavy atom. The Hall–Kier alpha value is -5.39. The van der Waals surface area contributed by atoms with Gasteiger partial charge < -0.3 is 0 Å². The first-order chi connectivity index (χ1) is 15.2. The molecule has 0 saturated carbocycles. The number of benzene rings is 3. The summed E-state index contributed by atoms with van der Waals surface area (Å²) in [6.07, 6.45) is 0. The number of hydrogen-bond donors (Lipinski definition) is 0. The second kappa shape index (κ2) is 10.2. The molecule has 0 aromatic heterocycles. The zero-order valence-electron chi connectivity index (χ0n) is 16.2. The molecule has 3 aromatic rings. The highest BCUT2D eigenvalue weighted by atomic mass is 15.0. The molecule has 4 heteroatoms. The van der Waals surface area contributed by atoms with Gasteiger partial charge in [0.05, 0.1) is 34.9 Å². The maximum atomic E-state index is 8.90. The van der Waals surface area contributed by atoms with Gasteiger partial charge in [0.25, 0.3) is 0 Å². The zero-order chi connectivity index (χ0) is 21.9. The van der Waals surface area contributed by atoms with Crippen LogP contribution in [-0.4, -0.2) is 4.90 Å². The molecule has 0 saturated heterocycles. The average molecular weight is 392 g/mol. The lowest BCUT2D eigenvalue weighted by molar-refractivity contribution is 0.819. The van der Waals surface area contributed by atoms with Crippen molar-refractivity contribution >= 4 is 0 Å². The van der Waals surface area contributed by atoms with E-state index in [0.29, 0.717) is 16.7 Å². The molecule has 0 atom stereocenters. The third-order valence-electron chi connectivity index (χ3n) is 3.98. The number of nitriles is 3. The second-order valence-electron chi connectivity index (χ2n) is 6.11. The van der Waals surface area contributed by atoms with Crippen LogP contribution in [0.3, 0.4) is 0 Å². The normalized spacial score (nSPS) is 8.42. The van der Waals surface area contributed by atoms with E-state index in [1.54, 1.807) is 72.8 Å². The minimum atomic E-state index is 0.559. The van der Waals surface area contributed by atoms with Gasteiger partial charge in [-0.15, -0.1) is 0 Å². The minimum Gasteiger partial charge on any atom is -0.192 e. The van der Waals surface area contributed by atoms with Crippen molar-refractivity contribution in [3.8, 4) is 54.1 Å². The molecule has 3 aromatic carbocycles. The van der Waals surface area contributed by atoms with Gasteiger partial charge in [-0.3, -0.25) is 0 Å². The van der Waals surface area contributed by atoms with E-state index in [4.69, 9.17) is 15.8 Å². The first-order valence-electron chi connectivity index (χ1n) is 9.06. The highest BCUT2D eigenvalue weighted by Crippen LogP contribution is 2.04. The van der Waals surface area contributed by atoms with Crippen LogP contribution in [0.2, 0.25) is 0 Å². The molecule has 0 spiro atoms. The van der Waals surface area contributed by atoms with Crippen molar-refractivity contribution in [3.63, 3.8) is 0 Å². The Kier molecular flexibility index (Phi) is 6.72. The molecule has 0 N–H and O–H groups in total. The fourth-order valence-electron chi connectivity index (χ4n) is 2.33. The summed E-state index contributed by atoms with van der Waals surface area (Å²) in [5, 5.41) is 26.7. The van der Waals surface area contributed by atoms with Crippen molar-refractivity contribution in [2.75, 3.05) is 0 Å². The fourth-order valence-corrected chi connectivity index (χ4v) is 2.33. The highest BCUT2D eigenvalue weighted by Gasteiger charge is 1.94. The minimum absolute atomic E-state index is 0.559. The molecule has 0 unspecified atom stereocenters. The molecular weight excluding hydrogens is 380 g/mol. The quantitative estimate of drug-likeness (QED) is 0.429. The summed E-state index contributed by atoms with van der Waals surface area (Å²) in [6, 6.07) is 35.6. The summed E-state index contributed by atoms with van der Waals surface area (Å²) < 4.78 is 0. The van der Waals surface area contributed by atoms with Crippen LogP contribution in [0.5, 0.6) is 0 Å². The molecule has 0 bridgehead atoms. The number of rotatable bonds is 0. The number of nitrogens with zero attached hydrogens (tertiary/aromatic N) is 4. The van der Waals surface area contributed by atoms with Gasteiger partial charge in [-0.1, -0.05) is 0 Å². The Balaban J connectivity index is 1.90. The molecule has 31 heavy (non-hydrogen) atoms. The van der Waals surface area contributed by atoms with E-state index in [1.165, 1.54) is 4.90 Å². The highest BCUT2D eigenvalue weighted by molar-refractivity contribution is 5.44. The molecule has 0 aliphatic carbocycles. The van der Waals surface area contributed by atoms with E-state index in [9.17, 15) is 0 Å². The maximum Gasteiger partial charge on any atom is 0.0991 e. The van der Waals surface area contributed by atoms with Crippen LogP contribution in [0, 0.1) is 69.9 Å². The topological polar surface area (TPSA) is 74.6 Å². The van der Waals surface area contributed by atoms with E-state index < -0.39 is 0 Å². The van der Waals surface area contributed by atoms with Crippen LogP contribution in [-0.2, 0) is 0 Å². The van der Waals surface area contributed by atoms with Crippen molar-refractivity contribution < 1.29 is 0 Å². The molecule has 0 radical (unpaired) electrons. The molecule has 0 aliphatic rings. The molecule has 4 nitrogen and oxygen atoms in total. The zero-order valence-corrected chi connectivity index (χ0v) is 16.2. The Bertz CT molecular complexity index is 1210. The van der Waals surface area contributed by atoms with Crippen LogP contribution < -0.4 is 0 Å². The Morgan fingerprint density at radius 3 is 0.839 bits per heavy atom. The molecule has 0 aliphatic heterocycles. The molecular formula is C27H12N4. The van der Waals surface area contributed by atoms with Crippen LogP contribution in [0.1, 0.15) is 33.4 Å². The van der Waals surface area contributed by atoms with E-state index in [1.807, 2.05) is 0 Å². The number of hydrogen-bond acceptors (Lipinski definition) is 4. The summed E-state index contributed by atoms with van der Waals surface area (Å²) in [5.41, 5.74) is 3.86. The maximum absolute atomic E-state index is 8.90. The van der Waals surface area contributed by atoms with Gasteiger partial charge in [0.2, 0.25) is 0 Å². The summed E-state index contributed by atoms with van der Waals surface area (Å²) in [6.45, 7) is 0. The average Bonchev–Trinajstić information content (AvgIpc) is 2.84. The smallest absolute Gasteiger partial charge is 0.0991 e. The van der Waals surface area contributed by atoms with E-state index in [2.05, 4.69) is 54.1 Å². The van der Waals surface area contributed by atoms with Gasteiger partial charge in [0, 0.05) is 34.8 Å². The Morgan fingerprint density at radius 2 is 0.613 bits per heavy atom. The molecule has 0 amide bonds. The predicted octanol–water partition coefficient (Wildman–Crippen LogP) is 3.93. The van der Waals surface area contributed by atoms with Crippen molar-refractivity contribution in [2.24, 2.45) is 0 Å². The van der Waals surface area contributed by atoms with Gasteiger partial charge in [-0.2, -0.15) is 20.7 Å². The molecule has 140 valence electrons. The standard InChI is InChI=1S/C27H12N4/c28-19-25-7-1-22(2-8-25)13-16-31(17-14-23-3-9-26(20-29)10-4-23)18-15-24-5-11-27(21-30)12-6-24/h1-12H. The third kappa shape index (κ3) is 6.05. The van der Waals surface area contributed by atoms with Crippen molar-refractivity contribution in [1.82, 2.24) is 4.90 Å². The van der Waals surface area contributed by atoms with Gasteiger partial charge in [-0.25, -0.2) is 0 Å². The van der Waals surface area contributed by atoms with Gasteiger partial charge >= 0.3 is 0 Å². The SMILES string of the molecule is N#Cc1ccc(C#CN(C#Cc2ccc(C#N)cc2)C#Cc2ccc(C#N)cc2)cc1. The molecule has 3 rings (SSSR count). The van der Waals surface area contributed by atoms with Crippen LogP contribution in [0.25, 0.3) is 0 Å². The largest absolute Gasteiger partial charge is 0.192 e. The van der Waals surface area contributed by atoms with Crippen LogP contribution in [0.4, 0.5) is 0 Å². The van der Waals surface area contributed by atoms with Gasteiger partial charge in [-0.05, 0) is 90.6 Å².